The molecule has 2 aliphatic heterocycles. The second-order valence-electron chi connectivity index (χ2n) is 10.0. The molecule has 0 bridgehead atoms. The van der Waals surface area contributed by atoms with E-state index in [-0.39, 0.29) is 30.1 Å². The molecule has 7 nitrogen and oxygen atoms in total. The number of carbonyl (C=O) groups is 1. The zero-order chi connectivity index (χ0) is 22.9. The SMILES string of the molecule is CCNC(=NCCC1CCCN(C(=O)OC(C)(C)C)C1)N1CCC(CN(CC)CC)C1.I. The molecule has 0 aromatic heterocycles. The van der Waals surface area contributed by atoms with Crippen molar-refractivity contribution < 1.29 is 9.53 Å². The van der Waals surface area contributed by atoms with Crippen molar-refractivity contribution in [3.05, 3.63) is 0 Å². The summed E-state index contributed by atoms with van der Waals surface area (Å²) in [6.45, 7) is 21.3. The zero-order valence-electron chi connectivity index (χ0n) is 21.4. The predicted molar refractivity (Wildman–Crippen MR) is 144 cm³/mol. The van der Waals surface area contributed by atoms with Crippen LogP contribution in [0.15, 0.2) is 4.99 Å². The number of guanidine groups is 1. The van der Waals surface area contributed by atoms with Crippen molar-refractivity contribution in [1.29, 1.82) is 0 Å². The number of ether oxygens (including phenoxy) is 1. The molecule has 0 radical (unpaired) electrons. The maximum Gasteiger partial charge on any atom is 0.410 e. The summed E-state index contributed by atoms with van der Waals surface area (Å²) < 4.78 is 5.56. The first-order chi connectivity index (χ1) is 14.8. The van der Waals surface area contributed by atoms with Gasteiger partial charge in [-0.15, -0.1) is 24.0 Å². The van der Waals surface area contributed by atoms with Gasteiger partial charge in [0.2, 0.25) is 0 Å². The molecule has 0 aliphatic carbocycles. The van der Waals surface area contributed by atoms with E-state index in [1.54, 1.807) is 0 Å². The van der Waals surface area contributed by atoms with Crippen LogP contribution >= 0.6 is 24.0 Å². The van der Waals surface area contributed by atoms with Gasteiger partial charge >= 0.3 is 6.09 Å². The molecule has 1 N–H and O–H groups in total. The number of piperidine rings is 1. The molecule has 0 saturated carbocycles. The Kier molecular flexibility index (Phi) is 13.2. The summed E-state index contributed by atoms with van der Waals surface area (Å²) in [4.78, 5) is 24.2. The van der Waals surface area contributed by atoms with Crippen molar-refractivity contribution in [2.75, 3.05) is 58.9 Å². The third kappa shape index (κ3) is 10.0. The highest BCUT2D eigenvalue weighted by Crippen LogP contribution is 2.22. The van der Waals surface area contributed by atoms with Gasteiger partial charge in [-0.2, -0.15) is 0 Å². The van der Waals surface area contributed by atoms with Crippen LogP contribution in [0.4, 0.5) is 4.79 Å². The van der Waals surface area contributed by atoms with Gasteiger partial charge in [-0.1, -0.05) is 13.8 Å². The lowest BCUT2D eigenvalue weighted by Gasteiger charge is -2.34. The van der Waals surface area contributed by atoms with E-state index < -0.39 is 5.60 Å². The molecular formula is C24H48IN5O2. The van der Waals surface area contributed by atoms with Crippen molar-refractivity contribution in [3.63, 3.8) is 0 Å². The van der Waals surface area contributed by atoms with Crippen LogP contribution < -0.4 is 5.32 Å². The first kappa shape index (κ1) is 29.3. The molecule has 0 spiro atoms. The Morgan fingerprint density at radius 3 is 2.38 bits per heavy atom. The minimum atomic E-state index is -0.437. The van der Waals surface area contributed by atoms with Crippen LogP contribution in [-0.4, -0.2) is 91.3 Å². The smallest absolute Gasteiger partial charge is 0.410 e. The fraction of sp³-hybridized carbons (Fsp3) is 0.917. The predicted octanol–water partition coefficient (Wildman–Crippen LogP) is 4.27. The minimum absolute atomic E-state index is 0. The van der Waals surface area contributed by atoms with Crippen molar-refractivity contribution in [2.24, 2.45) is 16.8 Å². The maximum absolute atomic E-state index is 12.4. The van der Waals surface area contributed by atoms with E-state index in [2.05, 4.69) is 35.9 Å². The van der Waals surface area contributed by atoms with Gasteiger partial charge in [0.05, 0.1) is 0 Å². The van der Waals surface area contributed by atoms with E-state index >= 15 is 0 Å². The van der Waals surface area contributed by atoms with Crippen molar-refractivity contribution in [1.82, 2.24) is 20.0 Å². The molecule has 2 heterocycles. The summed E-state index contributed by atoms with van der Waals surface area (Å²) in [6, 6.07) is 0. The summed E-state index contributed by atoms with van der Waals surface area (Å²) in [6.07, 6.45) is 4.30. The summed E-state index contributed by atoms with van der Waals surface area (Å²) in [7, 11) is 0. The number of halogens is 1. The normalized spacial score (nSPS) is 22.2. The Morgan fingerprint density at radius 2 is 1.75 bits per heavy atom. The molecule has 1 amide bonds. The van der Waals surface area contributed by atoms with Gasteiger partial charge < -0.3 is 24.8 Å². The first-order valence-electron chi connectivity index (χ1n) is 12.5. The second-order valence-corrected chi connectivity index (χ2v) is 10.0. The Balaban J connectivity index is 0.00000512. The van der Waals surface area contributed by atoms with E-state index in [1.165, 1.54) is 19.4 Å². The van der Waals surface area contributed by atoms with Crippen LogP contribution in [-0.2, 0) is 4.74 Å². The topological polar surface area (TPSA) is 60.4 Å². The molecule has 188 valence electrons. The van der Waals surface area contributed by atoms with Gasteiger partial charge in [0, 0.05) is 45.8 Å². The number of aliphatic imine (C=N–C) groups is 1. The van der Waals surface area contributed by atoms with Crippen LogP contribution in [0.1, 0.15) is 67.2 Å². The number of rotatable bonds is 8. The number of amides is 1. The van der Waals surface area contributed by atoms with Crippen LogP contribution in [0, 0.1) is 11.8 Å². The van der Waals surface area contributed by atoms with Crippen LogP contribution in [0.25, 0.3) is 0 Å². The molecule has 2 unspecified atom stereocenters. The van der Waals surface area contributed by atoms with E-state index in [1.807, 2.05) is 25.7 Å². The number of likely N-dealkylation sites (tertiary alicyclic amines) is 2. The van der Waals surface area contributed by atoms with Crippen LogP contribution in [0.2, 0.25) is 0 Å². The molecule has 0 aromatic rings. The molecule has 2 rings (SSSR count). The lowest BCUT2D eigenvalue weighted by Crippen LogP contribution is -2.43. The summed E-state index contributed by atoms with van der Waals surface area (Å²) in [5.41, 5.74) is -0.437. The van der Waals surface area contributed by atoms with Crippen LogP contribution in [0.3, 0.4) is 0 Å². The maximum atomic E-state index is 12.4. The molecular weight excluding hydrogens is 517 g/mol. The highest BCUT2D eigenvalue weighted by Gasteiger charge is 2.28. The van der Waals surface area contributed by atoms with Crippen molar-refractivity contribution in [2.45, 2.75) is 72.8 Å². The van der Waals surface area contributed by atoms with Gasteiger partial charge in [-0.3, -0.25) is 4.99 Å². The molecule has 8 heteroatoms. The number of nitrogens with zero attached hydrogens (tertiary/aromatic N) is 4. The van der Waals surface area contributed by atoms with E-state index in [0.29, 0.717) is 5.92 Å². The summed E-state index contributed by atoms with van der Waals surface area (Å²) in [5, 5.41) is 3.49. The Hall–Kier alpha value is -0.770. The van der Waals surface area contributed by atoms with Gasteiger partial charge in [0.1, 0.15) is 5.60 Å². The second kappa shape index (κ2) is 14.5. The molecule has 32 heavy (non-hydrogen) atoms. The Labute approximate surface area is 213 Å². The van der Waals surface area contributed by atoms with Crippen molar-refractivity contribution in [3.8, 4) is 0 Å². The highest BCUT2D eigenvalue weighted by atomic mass is 127. The van der Waals surface area contributed by atoms with E-state index in [4.69, 9.17) is 9.73 Å². The first-order valence-corrected chi connectivity index (χ1v) is 12.5. The van der Waals surface area contributed by atoms with Gasteiger partial charge in [-0.25, -0.2) is 4.79 Å². The number of hydrogen-bond donors (Lipinski definition) is 1. The van der Waals surface area contributed by atoms with E-state index in [0.717, 1.165) is 77.1 Å². The van der Waals surface area contributed by atoms with Gasteiger partial charge in [0.15, 0.2) is 5.96 Å². The molecule has 2 aliphatic rings. The van der Waals surface area contributed by atoms with E-state index in [9.17, 15) is 4.79 Å². The quantitative estimate of drug-likeness (QED) is 0.271. The molecule has 2 fully saturated rings. The molecule has 2 saturated heterocycles. The lowest BCUT2D eigenvalue weighted by atomic mass is 9.95. The largest absolute Gasteiger partial charge is 0.444 e. The third-order valence-corrected chi connectivity index (χ3v) is 6.30. The lowest BCUT2D eigenvalue weighted by molar-refractivity contribution is 0.0163. The third-order valence-electron chi connectivity index (χ3n) is 6.30. The molecule has 0 aromatic carbocycles. The minimum Gasteiger partial charge on any atom is -0.444 e. The number of hydrogen-bond acceptors (Lipinski definition) is 4. The van der Waals surface area contributed by atoms with Gasteiger partial charge in [-0.05, 0) is 78.3 Å². The standard InChI is InChI=1S/C24H47N5O2.HI/c1-7-25-22(28-16-13-21(19-28)17-27(8-2)9-3)26-14-12-20-11-10-15-29(18-20)23(30)31-24(4,5)6;/h20-21H,7-19H2,1-6H3,(H,25,26);1H. The molecule has 2 atom stereocenters. The monoisotopic (exact) mass is 565 g/mol. The summed E-state index contributed by atoms with van der Waals surface area (Å²) in [5.74, 6) is 2.29. The number of carbonyl (C=O) groups excluding carboxylic acids is 1. The Bertz CT molecular complexity index is 577. The Morgan fingerprint density at radius 1 is 1.06 bits per heavy atom. The fourth-order valence-electron chi connectivity index (χ4n) is 4.59. The fourth-order valence-corrected chi connectivity index (χ4v) is 4.59. The number of nitrogens with one attached hydrogen (secondary N) is 1. The average molecular weight is 566 g/mol. The summed E-state index contributed by atoms with van der Waals surface area (Å²) >= 11 is 0. The van der Waals surface area contributed by atoms with Crippen LogP contribution in [0.5, 0.6) is 0 Å². The highest BCUT2D eigenvalue weighted by molar-refractivity contribution is 14.0. The average Bonchev–Trinajstić information content (AvgIpc) is 3.19. The van der Waals surface area contributed by atoms with Crippen molar-refractivity contribution >= 4 is 36.0 Å². The van der Waals surface area contributed by atoms with Gasteiger partial charge in [0.25, 0.3) is 0 Å². The zero-order valence-corrected chi connectivity index (χ0v) is 23.7.